The lowest BCUT2D eigenvalue weighted by molar-refractivity contribution is -0.138. The number of carbonyl (C=O) groups excluding carboxylic acids is 2. The van der Waals surface area contributed by atoms with Gasteiger partial charge in [-0.05, 0) is 20.8 Å². The Labute approximate surface area is 83.6 Å². The second-order valence-electron chi connectivity index (χ2n) is 3.75. The number of hydrogen-bond acceptors (Lipinski definition) is 3. The van der Waals surface area contributed by atoms with E-state index in [1.54, 1.807) is 0 Å². The normalized spacial score (nSPS) is 10.2. The molecule has 0 aliphatic carbocycles. The molecule has 0 heterocycles. The van der Waals surface area contributed by atoms with E-state index in [4.69, 9.17) is 0 Å². The van der Waals surface area contributed by atoms with Crippen molar-refractivity contribution in [2.24, 2.45) is 0 Å². The van der Waals surface area contributed by atoms with Crippen LogP contribution in [-0.2, 0) is 14.3 Å². The van der Waals surface area contributed by atoms with Crippen molar-refractivity contribution in [2.75, 3.05) is 0 Å². The van der Waals surface area contributed by atoms with Gasteiger partial charge in [0.25, 0.3) is 5.91 Å². The van der Waals surface area contributed by atoms with Crippen molar-refractivity contribution in [3.63, 3.8) is 0 Å². The molecular formula is C10H15NO3. The summed E-state index contributed by atoms with van der Waals surface area (Å²) in [6.45, 7) is 12.0. The lowest BCUT2D eigenvalue weighted by atomic mass is 10.1. The van der Waals surface area contributed by atoms with Gasteiger partial charge in [-0.1, -0.05) is 13.2 Å². The number of rotatable bonds is 3. The molecule has 0 bridgehead atoms. The summed E-state index contributed by atoms with van der Waals surface area (Å²) in [4.78, 5) is 22.0. The third kappa shape index (κ3) is 5.13. The van der Waals surface area contributed by atoms with Crippen molar-refractivity contribution >= 4 is 11.9 Å². The molecule has 1 amide bonds. The summed E-state index contributed by atoms with van der Waals surface area (Å²) in [7, 11) is 0. The Bertz CT molecular complexity index is 274. The number of ether oxygens (including phenoxy) is 1. The molecule has 0 aromatic heterocycles. The number of amides is 1. The molecule has 0 spiro atoms. The Hall–Kier alpha value is -1.58. The molecule has 1 N–H and O–H groups in total. The van der Waals surface area contributed by atoms with Crippen LogP contribution in [0.25, 0.3) is 0 Å². The topological polar surface area (TPSA) is 55.4 Å². The molecule has 0 radical (unpaired) electrons. The van der Waals surface area contributed by atoms with Crippen LogP contribution in [0.2, 0.25) is 0 Å². The molecule has 0 saturated carbocycles. The van der Waals surface area contributed by atoms with E-state index in [0.29, 0.717) is 0 Å². The molecule has 0 rings (SSSR count). The minimum atomic E-state index is -0.695. The first kappa shape index (κ1) is 12.4. The zero-order chi connectivity index (χ0) is 11.4. The molecule has 4 heteroatoms. The molecular weight excluding hydrogens is 182 g/mol. The molecule has 0 aromatic carbocycles. The van der Waals surface area contributed by atoms with E-state index < -0.39 is 11.9 Å². The largest absolute Gasteiger partial charge is 0.418 e. The van der Waals surface area contributed by atoms with Crippen molar-refractivity contribution < 1.29 is 14.3 Å². The van der Waals surface area contributed by atoms with Gasteiger partial charge in [-0.3, -0.25) is 4.79 Å². The maximum absolute atomic E-state index is 11.3. The summed E-state index contributed by atoms with van der Waals surface area (Å²) in [5.74, 6) is -1.43. The van der Waals surface area contributed by atoms with E-state index in [1.165, 1.54) is 0 Å². The Morgan fingerprint density at radius 3 is 2.21 bits per heavy atom. The Balaban J connectivity index is 4.21. The molecule has 0 aromatic rings. The highest BCUT2D eigenvalue weighted by Gasteiger charge is 2.18. The highest BCUT2D eigenvalue weighted by Crippen LogP contribution is 2.02. The average molecular weight is 197 g/mol. The van der Waals surface area contributed by atoms with Gasteiger partial charge in [0, 0.05) is 11.6 Å². The quantitative estimate of drug-likeness (QED) is 0.419. The summed E-state index contributed by atoms with van der Waals surface area (Å²) in [6.07, 6.45) is 0.968. The highest BCUT2D eigenvalue weighted by atomic mass is 16.5. The molecule has 14 heavy (non-hydrogen) atoms. The predicted molar refractivity (Wildman–Crippen MR) is 53.3 cm³/mol. The lowest BCUT2D eigenvalue weighted by Crippen LogP contribution is -2.41. The second kappa shape index (κ2) is 4.60. The molecule has 0 fully saturated rings. The van der Waals surface area contributed by atoms with E-state index in [1.807, 2.05) is 20.8 Å². The van der Waals surface area contributed by atoms with Crippen LogP contribution in [0.1, 0.15) is 20.8 Å². The van der Waals surface area contributed by atoms with Gasteiger partial charge in [-0.25, -0.2) is 4.79 Å². The molecule has 0 unspecified atom stereocenters. The van der Waals surface area contributed by atoms with Gasteiger partial charge in [0.05, 0.1) is 0 Å². The van der Waals surface area contributed by atoms with Crippen molar-refractivity contribution in [1.29, 1.82) is 0 Å². The van der Waals surface area contributed by atoms with Gasteiger partial charge in [0.15, 0.2) is 5.76 Å². The summed E-state index contributed by atoms with van der Waals surface area (Å²) in [5, 5.41) is 2.60. The fourth-order valence-electron chi connectivity index (χ4n) is 0.620. The zero-order valence-electron chi connectivity index (χ0n) is 8.72. The van der Waals surface area contributed by atoms with Crippen molar-refractivity contribution in [2.45, 2.75) is 26.3 Å². The minimum absolute atomic E-state index is 0.232. The van der Waals surface area contributed by atoms with E-state index in [2.05, 4.69) is 23.2 Å². The van der Waals surface area contributed by atoms with Gasteiger partial charge in [0.1, 0.15) is 0 Å². The number of carbonyl (C=O) groups is 2. The molecule has 0 aliphatic rings. The first-order valence-electron chi connectivity index (χ1n) is 4.12. The molecule has 0 saturated heterocycles. The van der Waals surface area contributed by atoms with Crippen LogP contribution in [0.4, 0.5) is 0 Å². The van der Waals surface area contributed by atoms with Crippen LogP contribution >= 0.6 is 0 Å². The highest BCUT2D eigenvalue weighted by molar-refractivity contribution is 5.95. The monoisotopic (exact) mass is 197 g/mol. The zero-order valence-corrected chi connectivity index (χ0v) is 8.72. The molecule has 4 nitrogen and oxygen atoms in total. The predicted octanol–water partition coefficient (Wildman–Crippen LogP) is 1.14. The van der Waals surface area contributed by atoms with Crippen LogP contribution in [0.5, 0.6) is 0 Å². The summed E-state index contributed by atoms with van der Waals surface area (Å²) in [6, 6.07) is 0. The fraction of sp³-hybridized carbons (Fsp3) is 0.400. The van der Waals surface area contributed by atoms with Crippen molar-refractivity contribution in [1.82, 2.24) is 5.32 Å². The van der Waals surface area contributed by atoms with Crippen LogP contribution in [0.15, 0.2) is 25.0 Å². The van der Waals surface area contributed by atoms with E-state index in [9.17, 15) is 9.59 Å². The summed E-state index contributed by atoms with van der Waals surface area (Å²) < 4.78 is 4.54. The maximum Gasteiger partial charge on any atom is 0.335 e. The molecule has 0 aliphatic heterocycles. The average Bonchev–Trinajstić information content (AvgIpc) is 2.00. The van der Waals surface area contributed by atoms with E-state index in [-0.39, 0.29) is 11.3 Å². The number of nitrogens with one attached hydrogen (secondary N) is 1. The van der Waals surface area contributed by atoms with Gasteiger partial charge in [0.2, 0.25) is 0 Å². The van der Waals surface area contributed by atoms with Gasteiger partial charge < -0.3 is 10.1 Å². The second-order valence-corrected chi connectivity index (χ2v) is 3.75. The van der Waals surface area contributed by atoms with Crippen LogP contribution in [0.3, 0.4) is 0 Å². The fourth-order valence-corrected chi connectivity index (χ4v) is 0.620. The third-order valence-corrected chi connectivity index (χ3v) is 1.13. The van der Waals surface area contributed by atoms with Crippen molar-refractivity contribution in [3.8, 4) is 0 Å². The number of esters is 1. The smallest absolute Gasteiger partial charge is 0.335 e. The molecule has 0 atom stereocenters. The van der Waals surface area contributed by atoms with Gasteiger partial charge in [-0.15, -0.1) is 0 Å². The Morgan fingerprint density at radius 1 is 1.36 bits per heavy atom. The number of hydrogen-bond donors (Lipinski definition) is 1. The van der Waals surface area contributed by atoms with Crippen LogP contribution in [-0.4, -0.2) is 17.4 Å². The minimum Gasteiger partial charge on any atom is -0.418 e. The van der Waals surface area contributed by atoms with Crippen molar-refractivity contribution in [3.05, 3.63) is 25.0 Å². The SMILES string of the molecule is C=CC(=O)OC(=C)C(=O)NC(C)(C)C. The summed E-state index contributed by atoms with van der Waals surface area (Å²) in [5.41, 5.74) is -0.388. The van der Waals surface area contributed by atoms with Crippen LogP contribution in [0, 0.1) is 0 Å². The van der Waals surface area contributed by atoms with Gasteiger partial charge in [-0.2, -0.15) is 0 Å². The van der Waals surface area contributed by atoms with Gasteiger partial charge >= 0.3 is 5.97 Å². The van der Waals surface area contributed by atoms with Crippen LogP contribution < -0.4 is 5.32 Å². The van der Waals surface area contributed by atoms with E-state index >= 15 is 0 Å². The first-order chi connectivity index (χ1) is 6.26. The lowest BCUT2D eigenvalue weighted by Gasteiger charge is -2.20. The maximum atomic E-state index is 11.3. The summed E-state index contributed by atoms with van der Waals surface area (Å²) >= 11 is 0. The standard InChI is InChI=1S/C10H15NO3/c1-6-8(12)14-7(2)9(13)11-10(3,4)5/h6H,1-2H2,3-5H3,(H,11,13). The first-order valence-corrected chi connectivity index (χ1v) is 4.12. The Kier molecular flexibility index (Phi) is 4.08. The molecule has 78 valence electrons. The van der Waals surface area contributed by atoms with E-state index in [0.717, 1.165) is 6.08 Å². The Morgan fingerprint density at radius 2 is 1.86 bits per heavy atom. The third-order valence-electron chi connectivity index (χ3n) is 1.13.